The molecule has 3 aliphatic carbocycles. The van der Waals surface area contributed by atoms with Crippen molar-refractivity contribution >= 4 is 28.8 Å². The van der Waals surface area contributed by atoms with Crippen LogP contribution in [0.4, 0.5) is 13.2 Å². The molecule has 170 valence electrons. The fourth-order valence-corrected chi connectivity index (χ4v) is 5.60. The van der Waals surface area contributed by atoms with Gasteiger partial charge < -0.3 is 4.90 Å². The highest BCUT2D eigenvalue weighted by Gasteiger charge is 2.54. The third-order valence-electron chi connectivity index (χ3n) is 7.42. The van der Waals surface area contributed by atoms with Crippen LogP contribution >= 0.6 is 11.6 Å². The van der Waals surface area contributed by atoms with Crippen molar-refractivity contribution in [3.05, 3.63) is 34.1 Å². The lowest BCUT2D eigenvalue weighted by atomic mass is 10.1. The van der Waals surface area contributed by atoms with Crippen LogP contribution in [0.3, 0.4) is 0 Å². The maximum atomic E-state index is 13.7. The molecule has 0 aromatic carbocycles. The van der Waals surface area contributed by atoms with Gasteiger partial charge >= 0.3 is 6.18 Å². The molecule has 0 radical (unpaired) electrons. The summed E-state index contributed by atoms with van der Waals surface area (Å²) in [5.74, 6) is 0.722. The number of aromatic nitrogens is 2. The third kappa shape index (κ3) is 3.23. The van der Waals surface area contributed by atoms with Gasteiger partial charge in [0, 0.05) is 32.1 Å². The maximum Gasteiger partial charge on any atom is 0.433 e. The minimum atomic E-state index is -4.61. The third-order valence-corrected chi connectivity index (χ3v) is 7.80. The zero-order chi connectivity index (χ0) is 22.4. The van der Waals surface area contributed by atoms with Crippen molar-refractivity contribution in [3.63, 3.8) is 0 Å². The fraction of sp³-hybridized carbons (Fsp3) is 0.591. The first kappa shape index (κ1) is 20.5. The summed E-state index contributed by atoms with van der Waals surface area (Å²) in [7, 11) is 0. The molecule has 0 N–H and O–H groups in total. The molecule has 0 bridgehead atoms. The number of Topliss-reactive ketones (excluding diaryl/α,β-unsaturated/α-hetero) is 1. The SMILES string of the molecule is O=C1C2CC2CC1N1CCN(C(=O)c2nn3c(C(F)(F)F)cc(C4CC4)cc3c2Cl)CC1. The summed E-state index contributed by atoms with van der Waals surface area (Å²) >= 11 is 6.41. The van der Waals surface area contributed by atoms with Gasteiger partial charge in [0.15, 0.2) is 11.5 Å². The van der Waals surface area contributed by atoms with Crippen LogP contribution in [-0.4, -0.2) is 63.3 Å². The van der Waals surface area contributed by atoms with Crippen LogP contribution in [0, 0.1) is 11.8 Å². The van der Waals surface area contributed by atoms with E-state index >= 15 is 0 Å². The van der Waals surface area contributed by atoms with Gasteiger partial charge in [-0.2, -0.15) is 18.3 Å². The number of ketones is 1. The van der Waals surface area contributed by atoms with Gasteiger partial charge in [0.05, 0.1) is 16.6 Å². The van der Waals surface area contributed by atoms with E-state index in [1.165, 1.54) is 0 Å². The summed E-state index contributed by atoms with van der Waals surface area (Å²) in [5.41, 5.74) is -0.377. The van der Waals surface area contributed by atoms with Gasteiger partial charge in [0.1, 0.15) is 5.69 Å². The molecule has 3 atom stereocenters. The number of amides is 1. The van der Waals surface area contributed by atoms with E-state index in [9.17, 15) is 22.8 Å². The second-order valence-corrected chi connectivity index (χ2v) is 9.87. The predicted octanol–water partition coefficient (Wildman–Crippen LogP) is 3.62. The Bertz CT molecular complexity index is 1130. The van der Waals surface area contributed by atoms with Crippen LogP contribution in [0.1, 0.15) is 53.3 Å². The molecule has 0 spiro atoms. The summed E-state index contributed by atoms with van der Waals surface area (Å²) in [6.45, 7) is 1.90. The van der Waals surface area contributed by atoms with E-state index in [1.807, 2.05) is 0 Å². The molecule has 6 rings (SSSR count). The van der Waals surface area contributed by atoms with Crippen LogP contribution in [0.25, 0.3) is 5.52 Å². The second-order valence-electron chi connectivity index (χ2n) is 9.49. The molecule has 2 aromatic heterocycles. The van der Waals surface area contributed by atoms with Crippen molar-refractivity contribution in [2.45, 2.75) is 43.8 Å². The topological polar surface area (TPSA) is 57.9 Å². The summed E-state index contributed by atoms with van der Waals surface area (Å²) < 4.78 is 41.8. The Morgan fingerprint density at radius 2 is 1.81 bits per heavy atom. The van der Waals surface area contributed by atoms with Gasteiger partial charge in [0.2, 0.25) is 0 Å². The Hall–Kier alpha value is -2.13. The Balaban J connectivity index is 1.25. The number of fused-ring (bicyclic) bond motifs is 2. The molecule has 6 nitrogen and oxygen atoms in total. The normalized spacial score (nSPS) is 28.4. The minimum absolute atomic E-state index is 0.0449. The van der Waals surface area contributed by atoms with Crippen LogP contribution in [0.15, 0.2) is 12.1 Å². The molecule has 3 saturated carbocycles. The van der Waals surface area contributed by atoms with Gasteiger partial charge in [-0.15, -0.1) is 0 Å². The summed E-state index contributed by atoms with van der Waals surface area (Å²) in [6, 6.07) is 2.68. The van der Waals surface area contributed by atoms with Gasteiger partial charge in [-0.05, 0) is 55.2 Å². The van der Waals surface area contributed by atoms with Crippen molar-refractivity contribution in [3.8, 4) is 0 Å². The number of alkyl halides is 3. The molecule has 10 heteroatoms. The number of rotatable bonds is 3. The highest BCUT2D eigenvalue weighted by atomic mass is 35.5. The van der Waals surface area contributed by atoms with Gasteiger partial charge in [-0.25, -0.2) is 4.52 Å². The first-order valence-electron chi connectivity index (χ1n) is 11.1. The largest absolute Gasteiger partial charge is 0.433 e. The van der Waals surface area contributed by atoms with Gasteiger partial charge in [-0.1, -0.05) is 11.6 Å². The molecular formula is C22H22ClF3N4O2. The quantitative estimate of drug-likeness (QED) is 0.693. The highest BCUT2D eigenvalue weighted by Crippen LogP contribution is 2.50. The van der Waals surface area contributed by atoms with Crippen molar-refractivity contribution in [1.82, 2.24) is 19.4 Å². The van der Waals surface area contributed by atoms with E-state index in [2.05, 4.69) is 10.00 Å². The molecule has 3 heterocycles. The monoisotopic (exact) mass is 466 g/mol. The van der Waals surface area contributed by atoms with E-state index in [-0.39, 0.29) is 34.1 Å². The predicted molar refractivity (Wildman–Crippen MR) is 110 cm³/mol. The van der Waals surface area contributed by atoms with E-state index in [1.54, 1.807) is 11.0 Å². The van der Waals surface area contributed by atoms with Crippen LogP contribution in [0.2, 0.25) is 5.02 Å². The molecule has 4 fully saturated rings. The first-order chi connectivity index (χ1) is 15.2. The van der Waals surface area contributed by atoms with Crippen molar-refractivity contribution < 1.29 is 22.8 Å². The Kier molecular flexibility index (Phi) is 4.44. The lowest BCUT2D eigenvalue weighted by Gasteiger charge is -2.37. The van der Waals surface area contributed by atoms with Crippen molar-refractivity contribution in [1.29, 1.82) is 0 Å². The lowest BCUT2D eigenvalue weighted by Crippen LogP contribution is -2.53. The number of carbonyl (C=O) groups excluding carboxylic acids is 2. The van der Waals surface area contributed by atoms with Gasteiger partial charge in [-0.3, -0.25) is 14.5 Å². The Labute approximate surface area is 187 Å². The van der Waals surface area contributed by atoms with Crippen LogP contribution in [-0.2, 0) is 11.0 Å². The molecule has 1 amide bonds. The second kappa shape index (κ2) is 6.93. The van der Waals surface area contributed by atoms with Crippen molar-refractivity contribution in [2.24, 2.45) is 11.8 Å². The number of pyridine rings is 1. The Morgan fingerprint density at radius 1 is 1.09 bits per heavy atom. The summed E-state index contributed by atoms with van der Waals surface area (Å²) in [5, 5.41) is 3.96. The number of nitrogens with zero attached hydrogens (tertiary/aromatic N) is 4. The standard InChI is InChI=1S/C22H22ClF3N4O2/c23-18-15-8-12(11-1-2-11)10-17(22(24,25)26)30(15)27-19(18)21(32)29-5-3-28(4-6-29)16-9-13-7-14(13)20(16)31/h8,10-11,13-14,16H,1-7,9H2. The van der Waals surface area contributed by atoms with Crippen molar-refractivity contribution in [2.75, 3.05) is 26.2 Å². The Morgan fingerprint density at radius 3 is 2.41 bits per heavy atom. The first-order valence-corrected chi connectivity index (χ1v) is 11.5. The van der Waals surface area contributed by atoms with Crippen LogP contribution < -0.4 is 0 Å². The average Bonchev–Trinajstić information content (AvgIpc) is 3.68. The number of halogens is 4. The molecule has 4 aliphatic rings. The molecule has 32 heavy (non-hydrogen) atoms. The van der Waals surface area contributed by atoms with Gasteiger partial charge in [0.25, 0.3) is 5.91 Å². The molecular weight excluding hydrogens is 445 g/mol. The molecule has 1 aliphatic heterocycles. The smallest absolute Gasteiger partial charge is 0.335 e. The van der Waals surface area contributed by atoms with E-state index in [0.29, 0.717) is 43.4 Å². The molecule has 1 saturated heterocycles. The molecule has 3 unspecified atom stereocenters. The lowest BCUT2D eigenvalue weighted by molar-refractivity contribution is -0.142. The maximum absolute atomic E-state index is 13.7. The van der Waals surface area contributed by atoms with E-state index < -0.39 is 17.8 Å². The summed E-state index contributed by atoms with van der Waals surface area (Å²) in [6.07, 6.45) is -0.999. The minimum Gasteiger partial charge on any atom is -0.335 e. The number of hydrogen-bond acceptors (Lipinski definition) is 4. The number of carbonyl (C=O) groups is 2. The average molecular weight is 467 g/mol. The highest BCUT2D eigenvalue weighted by molar-refractivity contribution is 6.36. The van der Waals surface area contributed by atoms with Crippen LogP contribution in [0.5, 0.6) is 0 Å². The van der Waals surface area contributed by atoms with E-state index in [0.717, 1.165) is 36.3 Å². The molecule has 2 aromatic rings. The zero-order valence-corrected chi connectivity index (χ0v) is 18.0. The number of hydrogen-bond donors (Lipinski definition) is 0. The summed E-state index contributed by atoms with van der Waals surface area (Å²) in [4.78, 5) is 29.2. The fourth-order valence-electron chi connectivity index (χ4n) is 5.35. The zero-order valence-electron chi connectivity index (χ0n) is 17.2. The number of piperazine rings is 1. The van der Waals surface area contributed by atoms with E-state index in [4.69, 9.17) is 11.6 Å².